The molecule has 56 heavy (non-hydrogen) atoms. The maximum absolute atomic E-state index is 6.86. The molecule has 1 aliphatic carbocycles. The first-order chi connectivity index (χ1) is 26.2. The van der Waals surface area contributed by atoms with Crippen LogP contribution in [0.4, 0.5) is 0 Å². The van der Waals surface area contributed by atoms with Crippen molar-refractivity contribution in [1.29, 1.82) is 0 Å². The molecule has 0 amide bonds. The number of nitrogens with zero attached hydrogens (tertiary/aromatic N) is 2. The molecule has 4 heteroatoms. The fourth-order valence-electron chi connectivity index (χ4n) is 8.43. The number of fused-ring (bicyclic) bond motifs is 3. The summed E-state index contributed by atoms with van der Waals surface area (Å²) in [6.45, 7) is 20.2. The van der Waals surface area contributed by atoms with Gasteiger partial charge in [-0.25, -0.2) is 0 Å². The van der Waals surface area contributed by atoms with Gasteiger partial charge < -0.3 is 9.72 Å². The van der Waals surface area contributed by atoms with E-state index in [2.05, 4.69) is 164 Å². The predicted octanol–water partition coefficient (Wildman–Crippen LogP) is 13.1. The topological polar surface area (TPSA) is 35.0 Å². The molecule has 0 aliphatic heterocycles. The Balaban J connectivity index is 0.00000480. The molecule has 3 nitrogen and oxygen atoms in total. The summed E-state index contributed by atoms with van der Waals surface area (Å²) in [5.74, 6) is 1.22. The summed E-state index contributed by atoms with van der Waals surface area (Å²) in [6.07, 6.45) is 3.73. The number of hydrogen-bond donors (Lipinski definition) is 0. The van der Waals surface area contributed by atoms with E-state index in [4.69, 9.17) is 9.72 Å². The average molecular weight is 912 g/mol. The van der Waals surface area contributed by atoms with Crippen LogP contribution in [0.25, 0.3) is 33.5 Å². The first kappa shape index (κ1) is 39.1. The van der Waals surface area contributed by atoms with Crippen molar-refractivity contribution in [2.75, 3.05) is 0 Å². The van der Waals surface area contributed by atoms with E-state index in [1.54, 1.807) is 0 Å². The van der Waals surface area contributed by atoms with Crippen molar-refractivity contribution in [3.8, 4) is 45.0 Å². The molecule has 0 saturated carbocycles. The third-order valence-electron chi connectivity index (χ3n) is 11.1. The predicted molar refractivity (Wildman–Crippen MR) is 226 cm³/mol. The van der Waals surface area contributed by atoms with Gasteiger partial charge in [0.1, 0.15) is 0 Å². The minimum atomic E-state index is -0.741. The van der Waals surface area contributed by atoms with E-state index in [0.29, 0.717) is 11.5 Å². The van der Waals surface area contributed by atoms with Crippen molar-refractivity contribution in [3.63, 3.8) is 0 Å². The van der Waals surface area contributed by atoms with Gasteiger partial charge in [0.05, 0.1) is 11.1 Å². The summed E-state index contributed by atoms with van der Waals surface area (Å²) in [5.41, 5.74) is 16.2. The Morgan fingerprint density at radius 2 is 1.18 bits per heavy atom. The monoisotopic (exact) mass is 911 g/mol. The van der Waals surface area contributed by atoms with Crippen molar-refractivity contribution in [2.24, 2.45) is 0 Å². The number of benzene rings is 5. The zero-order chi connectivity index (χ0) is 38.7. The molecule has 0 atom stereocenters. The largest absolute Gasteiger partial charge is 2.00 e. The van der Waals surface area contributed by atoms with Gasteiger partial charge in [-0.3, -0.25) is 4.98 Å². The average Bonchev–Trinajstić information content (AvgIpc) is 3.44. The quantitative estimate of drug-likeness (QED) is 0.156. The van der Waals surface area contributed by atoms with Crippen LogP contribution >= 0.6 is 0 Å². The van der Waals surface area contributed by atoms with Crippen LogP contribution in [-0.4, -0.2) is 9.97 Å². The van der Waals surface area contributed by atoms with Gasteiger partial charge in [-0.05, 0) is 106 Å². The molecule has 0 bridgehead atoms. The number of pyridine rings is 2. The van der Waals surface area contributed by atoms with Gasteiger partial charge in [-0.15, -0.1) is 29.3 Å². The van der Waals surface area contributed by atoms with E-state index >= 15 is 0 Å². The maximum Gasteiger partial charge on any atom is 2.00 e. The molecule has 2 heterocycles. The van der Waals surface area contributed by atoms with Crippen LogP contribution in [0.15, 0.2) is 128 Å². The molecule has 0 saturated heterocycles. The summed E-state index contributed by atoms with van der Waals surface area (Å²) < 4.78 is 6.86. The fourth-order valence-corrected chi connectivity index (χ4v) is 8.43. The molecule has 0 spiro atoms. The van der Waals surface area contributed by atoms with Crippen LogP contribution in [0.5, 0.6) is 11.5 Å². The van der Waals surface area contributed by atoms with Crippen LogP contribution in [0.1, 0.15) is 91.7 Å². The van der Waals surface area contributed by atoms with Gasteiger partial charge in [0, 0.05) is 23.9 Å². The molecule has 0 N–H and O–H groups in total. The van der Waals surface area contributed by atoms with Gasteiger partial charge in [0.15, 0.2) is 0 Å². The van der Waals surface area contributed by atoms with Crippen LogP contribution < -0.4 is 4.74 Å². The number of aromatic nitrogens is 2. The van der Waals surface area contributed by atoms with Crippen molar-refractivity contribution < 1.29 is 25.8 Å². The summed E-state index contributed by atoms with van der Waals surface area (Å²) in [5, 5.41) is 0. The Morgan fingerprint density at radius 3 is 1.73 bits per heavy atom. The van der Waals surface area contributed by atoms with E-state index in [1.807, 2.05) is 42.7 Å². The van der Waals surface area contributed by atoms with Crippen molar-refractivity contribution in [2.45, 2.75) is 78.6 Å². The maximum atomic E-state index is 6.86. The fraction of sp³-hybridized carbons (Fsp3) is 0.231. The zero-order valence-corrected chi connectivity index (χ0v) is 36.0. The number of hydrogen-bond acceptors (Lipinski definition) is 3. The first-order valence-corrected chi connectivity index (χ1v) is 19.2. The Morgan fingerprint density at radius 1 is 0.571 bits per heavy atom. The second-order valence-electron chi connectivity index (χ2n) is 17.2. The molecule has 1 aliphatic rings. The van der Waals surface area contributed by atoms with Crippen molar-refractivity contribution >= 4 is 0 Å². The van der Waals surface area contributed by atoms with Crippen LogP contribution in [-0.2, 0) is 37.3 Å². The van der Waals surface area contributed by atoms with E-state index in [0.717, 1.165) is 28.1 Å². The summed E-state index contributed by atoms with van der Waals surface area (Å²) in [6, 6.07) is 48.6. The molecule has 282 valence electrons. The Hall–Kier alpha value is -5.11. The van der Waals surface area contributed by atoms with E-state index in [-0.39, 0.29) is 31.9 Å². The molecule has 2 aromatic heterocycles. The molecule has 7 aromatic rings. The Kier molecular flexibility index (Phi) is 10.3. The third-order valence-corrected chi connectivity index (χ3v) is 11.1. The summed E-state index contributed by atoms with van der Waals surface area (Å²) >= 11 is 0. The molecule has 0 fully saturated rings. The van der Waals surface area contributed by atoms with E-state index in [9.17, 15) is 0 Å². The van der Waals surface area contributed by atoms with Crippen molar-refractivity contribution in [3.05, 3.63) is 190 Å². The smallest absolute Gasteiger partial charge is 0.503 e. The zero-order valence-electron chi connectivity index (χ0n) is 33.7. The first-order valence-electron chi connectivity index (χ1n) is 19.2. The van der Waals surface area contributed by atoms with E-state index in [1.165, 1.54) is 55.6 Å². The van der Waals surface area contributed by atoms with Gasteiger partial charge in [0.25, 0.3) is 0 Å². The van der Waals surface area contributed by atoms with Gasteiger partial charge in [-0.2, -0.15) is 12.1 Å². The molecule has 0 radical (unpaired) electrons. The molecule has 5 aromatic carbocycles. The Bertz CT molecular complexity index is 2470. The number of aryl methyl sites for hydroxylation is 3. The Labute approximate surface area is 347 Å². The van der Waals surface area contributed by atoms with Gasteiger partial charge >= 0.3 is 21.1 Å². The second-order valence-corrected chi connectivity index (χ2v) is 17.2. The number of rotatable bonds is 6. The van der Waals surface area contributed by atoms with E-state index < -0.39 is 5.41 Å². The minimum Gasteiger partial charge on any atom is -0.503 e. The minimum absolute atomic E-state index is 0. The molecular formula is C52H48N2OPt. The van der Waals surface area contributed by atoms with Crippen LogP contribution in [0.3, 0.4) is 0 Å². The second kappa shape index (κ2) is 14.8. The SMILES string of the molecule is Cc1cc(C)c(-c2cc(Oc3[c-]c(C4(c5ccccn5)c5cc(C(C)(C)C)ccc5-c5ccc(C(C)(C)C)cc54)ccc3)[c-]c(-c3ccccn3)c2)c(C)c1.[Pt+2]. The molecule has 8 rings (SSSR count). The normalized spacial score (nSPS) is 13.1. The van der Waals surface area contributed by atoms with Crippen LogP contribution in [0, 0.1) is 32.9 Å². The van der Waals surface area contributed by atoms with Crippen molar-refractivity contribution in [1.82, 2.24) is 9.97 Å². The summed E-state index contributed by atoms with van der Waals surface area (Å²) in [7, 11) is 0. The third kappa shape index (κ3) is 6.96. The standard InChI is InChI=1S/C52H48N2O.Pt/c1-33-25-34(2)49(35(3)26-33)37-27-36(47-17-10-12-23-53-47)28-42(29-37)55-41-16-14-15-40(30-41)52(48-18-11-13-24-54-48)45-31-38(50(4,5)6)19-21-43(45)44-22-20-39(32-46(44)52)51(7,8)9;/h10-27,29,31-32H,1-9H3;/q-2;+2. The molecular weight excluding hydrogens is 864 g/mol. The number of ether oxygens (including phenoxy) is 1. The molecule has 0 unspecified atom stereocenters. The van der Waals surface area contributed by atoms with Crippen LogP contribution in [0.2, 0.25) is 0 Å². The van der Waals surface area contributed by atoms with Gasteiger partial charge in [-0.1, -0.05) is 132 Å². The van der Waals surface area contributed by atoms with Gasteiger partial charge in [0.2, 0.25) is 0 Å². The summed E-state index contributed by atoms with van der Waals surface area (Å²) in [4.78, 5) is 9.83.